The second-order valence-corrected chi connectivity index (χ2v) is 9.17. The van der Waals surface area contributed by atoms with Gasteiger partial charge in [-0.25, -0.2) is 4.68 Å². The Kier molecular flexibility index (Phi) is 9.27. The van der Waals surface area contributed by atoms with Crippen molar-refractivity contribution >= 4 is 0 Å². The maximum Gasteiger partial charge on any atom is 0.222 e. The average Bonchev–Trinajstić information content (AvgIpc) is 3.21. The second kappa shape index (κ2) is 13.0. The number of aromatic nitrogens is 2. The Morgan fingerprint density at radius 3 is 2.32 bits per heavy atom. The normalized spacial score (nSPS) is 12.0. The zero-order valence-electron chi connectivity index (χ0n) is 21.6. The molecule has 0 aliphatic heterocycles. The van der Waals surface area contributed by atoms with Crippen LogP contribution in [0.15, 0.2) is 97.6 Å². The Morgan fingerprint density at radius 1 is 0.973 bits per heavy atom. The van der Waals surface area contributed by atoms with Crippen molar-refractivity contribution in [2.24, 2.45) is 7.05 Å². The quantitative estimate of drug-likeness (QED) is 0.188. The van der Waals surface area contributed by atoms with Crippen LogP contribution in [0.3, 0.4) is 0 Å². The standard InChI is InChI=1S/C31H35N3O3/c1-4-19-36-23-27(35)21-34(20-25-11-7-5-8-12-25)22-29-30(26-13-9-6-10-14-26)32-33(3)31(29)37-28-17-15-24(2)16-18-28/h4-18,27,35H,1,19-23H2,2-3H3. The number of aliphatic hydroxyl groups is 1. The summed E-state index contributed by atoms with van der Waals surface area (Å²) in [5, 5.41) is 15.6. The molecule has 1 unspecified atom stereocenters. The molecule has 6 heteroatoms. The van der Waals surface area contributed by atoms with Gasteiger partial charge < -0.3 is 14.6 Å². The van der Waals surface area contributed by atoms with Gasteiger partial charge in [-0.05, 0) is 24.6 Å². The summed E-state index contributed by atoms with van der Waals surface area (Å²) in [4.78, 5) is 2.21. The molecule has 6 nitrogen and oxygen atoms in total. The van der Waals surface area contributed by atoms with Crippen LogP contribution in [0.5, 0.6) is 11.6 Å². The largest absolute Gasteiger partial charge is 0.439 e. The van der Waals surface area contributed by atoms with E-state index in [2.05, 4.69) is 42.7 Å². The van der Waals surface area contributed by atoms with E-state index in [0.717, 1.165) is 28.1 Å². The maximum atomic E-state index is 10.8. The molecule has 0 radical (unpaired) electrons. The Bertz CT molecular complexity index is 1250. The van der Waals surface area contributed by atoms with Crippen LogP contribution in [0.4, 0.5) is 0 Å². The molecule has 0 aliphatic rings. The Morgan fingerprint density at radius 2 is 1.65 bits per heavy atom. The van der Waals surface area contributed by atoms with Gasteiger partial charge in [-0.15, -0.1) is 6.58 Å². The highest BCUT2D eigenvalue weighted by Gasteiger charge is 2.23. The molecular formula is C31H35N3O3. The van der Waals surface area contributed by atoms with Crippen molar-refractivity contribution in [3.05, 3.63) is 114 Å². The first-order valence-corrected chi connectivity index (χ1v) is 12.5. The third-order valence-electron chi connectivity index (χ3n) is 6.02. The van der Waals surface area contributed by atoms with Gasteiger partial charge in [0.15, 0.2) is 0 Å². The smallest absolute Gasteiger partial charge is 0.222 e. The first-order valence-electron chi connectivity index (χ1n) is 12.5. The fourth-order valence-electron chi connectivity index (χ4n) is 4.26. The summed E-state index contributed by atoms with van der Waals surface area (Å²) >= 11 is 0. The molecule has 0 aliphatic carbocycles. The summed E-state index contributed by atoms with van der Waals surface area (Å²) in [7, 11) is 1.90. The summed E-state index contributed by atoms with van der Waals surface area (Å²) < 4.78 is 13.7. The summed E-state index contributed by atoms with van der Waals surface area (Å²) in [5.74, 6) is 1.43. The molecule has 0 fully saturated rings. The molecule has 1 atom stereocenters. The summed E-state index contributed by atoms with van der Waals surface area (Å²) in [5.41, 5.74) is 5.17. The molecule has 0 saturated carbocycles. The van der Waals surface area contributed by atoms with Crippen molar-refractivity contribution in [2.75, 3.05) is 19.8 Å². The van der Waals surface area contributed by atoms with E-state index in [4.69, 9.17) is 14.6 Å². The highest BCUT2D eigenvalue weighted by Crippen LogP contribution is 2.34. The number of aliphatic hydroxyl groups excluding tert-OH is 1. The second-order valence-electron chi connectivity index (χ2n) is 9.17. The lowest BCUT2D eigenvalue weighted by Crippen LogP contribution is -2.34. The first-order chi connectivity index (χ1) is 18.0. The summed E-state index contributed by atoms with van der Waals surface area (Å²) in [6.45, 7) is 8.00. The van der Waals surface area contributed by atoms with Crippen molar-refractivity contribution in [1.29, 1.82) is 0 Å². The lowest BCUT2D eigenvalue weighted by Gasteiger charge is -2.26. The van der Waals surface area contributed by atoms with Gasteiger partial charge in [-0.3, -0.25) is 4.90 Å². The predicted molar refractivity (Wildman–Crippen MR) is 147 cm³/mol. The van der Waals surface area contributed by atoms with Gasteiger partial charge in [0, 0.05) is 32.2 Å². The monoisotopic (exact) mass is 497 g/mol. The number of hydrogen-bond acceptors (Lipinski definition) is 5. The van der Waals surface area contributed by atoms with Crippen LogP contribution in [0, 0.1) is 6.92 Å². The van der Waals surface area contributed by atoms with Crippen molar-refractivity contribution < 1.29 is 14.6 Å². The van der Waals surface area contributed by atoms with E-state index in [9.17, 15) is 5.11 Å². The molecule has 0 bridgehead atoms. The number of benzene rings is 3. The van der Waals surface area contributed by atoms with Crippen LogP contribution >= 0.6 is 0 Å². The van der Waals surface area contributed by atoms with Gasteiger partial charge in [-0.2, -0.15) is 5.10 Å². The fraction of sp³-hybridized carbons (Fsp3) is 0.258. The predicted octanol–water partition coefficient (Wildman–Crippen LogP) is 5.75. The summed E-state index contributed by atoms with van der Waals surface area (Å²) in [6, 6.07) is 28.4. The third-order valence-corrected chi connectivity index (χ3v) is 6.02. The zero-order chi connectivity index (χ0) is 26.0. The van der Waals surface area contributed by atoms with Gasteiger partial charge in [-0.1, -0.05) is 84.4 Å². The van der Waals surface area contributed by atoms with E-state index in [-0.39, 0.29) is 6.61 Å². The van der Waals surface area contributed by atoms with Crippen LogP contribution in [-0.2, 0) is 24.9 Å². The van der Waals surface area contributed by atoms with Crippen molar-refractivity contribution in [3.8, 4) is 22.9 Å². The van der Waals surface area contributed by atoms with Crippen LogP contribution in [0.1, 0.15) is 16.7 Å². The molecule has 0 saturated heterocycles. The first kappa shape index (κ1) is 26.4. The third kappa shape index (κ3) is 7.40. The Balaban J connectivity index is 1.68. The molecule has 37 heavy (non-hydrogen) atoms. The molecule has 0 amide bonds. The number of ether oxygens (including phenoxy) is 2. The number of nitrogens with zero attached hydrogens (tertiary/aromatic N) is 3. The lowest BCUT2D eigenvalue weighted by atomic mass is 10.1. The van der Waals surface area contributed by atoms with Crippen LogP contribution in [-0.4, -0.2) is 45.6 Å². The lowest BCUT2D eigenvalue weighted by molar-refractivity contribution is 0.0228. The molecule has 1 heterocycles. The molecule has 4 aromatic rings. The van der Waals surface area contributed by atoms with E-state index in [1.54, 1.807) is 10.8 Å². The molecular weight excluding hydrogens is 462 g/mol. The van der Waals surface area contributed by atoms with Crippen LogP contribution < -0.4 is 4.74 Å². The van der Waals surface area contributed by atoms with E-state index < -0.39 is 6.10 Å². The van der Waals surface area contributed by atoms with Gasteiger partial charge in [0.2, 0.25) is 5.88 Å². The van der Waals surface area contributed by atoms with E-state index in [1.807, 2.05) is 67.7 Å². The minimum atomic E-state index is -0.651. The number of rotatable bonds is 13. The Labute approximate surface area is 219 Å². The van der Waals surface area contributed by atoms with Gasteiger partial charge in [0.05, 0.1) is 24.9 Å². The molecule has 1 aromatic heterocycles. The number of hydrogen-bond donors (Lipinski definition) is 1. The maximum absolute atomic E-state index is 10.8. The van der Waals surface area contributed by atoms with Gasteiger partial charge in [0.25, 0.3) is 0 Å². The molecule has 3 aromatic carbocycles. The zero-order valence-corrected chi connectivity index (χ0v) is 21.6. The highest BCUT2D eigenvalue weighted by atomic mass is 16.5. The number of aryl methyl sites for hydroxylation is 2. The van der Waals surface area contributed by atoms with Crippen molar-refractivity contribution in [3.63, 3.8) is 0 Å². The fourth-order valence-corrected chi connectivity index (χ4v) is 4.26. The SMILES string of the molecule is C=CCOCC(O)CN(Cc1ccccc1)Cc1c(-c2ccccc2)nn(C)c1Oc1ccc(C)cc1. The van der Waals surface area contributed by atoms with Gasteiger partial charge in [0.1, 0.15) is 11.4 Å². The molecule has 0 spiro atoms. The van der Waals surface area contributed by atoms with Crippen molar-refractivity contribution in [2.45, 2.75) is 26.1 Å². The van der Waals surface area contributed by atoms with E-state index in [0.29, 0.717) is 32.1 Å². The van der Waals surface area contributed by atoms with E-state index in [1.165, 1.54) is 5.56 Å². The summed E-state index contributed by atoms with van der Waals surface area (Å²) in [6.07, 6.45) is 1.03. The van der Waals surface area contributed by atoms with E-state index >= 15 is 0 Å². The van der Waals surface area contributed by atoms with Crippen LogP contribution in [0.2, 0.25) is 0 Å². The topological polar surface area (TPSA) is 59.8 Å². The van der Waals surface area contributed by atoms with Gasteiger partial charge >= 0.3 is 0 Å². The minimum Gasteiger partial charge on any atom is -0.439 e. The average molecular weight is 498 g/mol. The molecule has 192 valence electrons. The minimum absolute atomic E-state index is 0.239. The Hall–Kier alpha value is -3.71. The molecule has 1 N–H and O–H groups in total. The highest BCUT2D eigenvalue weighted by molar-refractivity contribution is 5.65. The van der Waals surface area contributed by atoms with Crippen molar-refractivity contribution in [1.82, 2.24) is 14.7 Å². The molecule has 4 rings (SSSR count). The van der Waals surface area contributed by atoms with Crippen LogP contribution in [0.25, 0.3) is 11.3 Å².